The van der Waals surface area contributed by atoms with E-state index in [0.717, 1.165) is 11.3 Å². The molecule has 5 nitrogen and oxygen atoms in total. The number of carbonyl (C=O) groups is 1. The van der Waals surface area contributed by atoms with Crippen LogP contribution in [0.3, 0.4) is 0 Å². The van der Waals surface area contributed by atoms with E-state index < -0.39 is 0 Å². The first kappa shape index (κ1) is 11.8. The lowest BCUT2D eigenvalue weighted by Crippen LogP contribution is -2.24. The summed E-state index contributed by atoms with van der Waals surface area (Å²) in [5, 5.41) is 4.56. The van der Waals surface area contributed by atoms with Crippen LogP contribution in [-0.2, 0) is 6.54 Å². The summed E-state index contributed by atoms with van der Waals surface area (Å²) < 4.78 is 0. The average molecular weight is 270 g/mol. The molecule has 88 valence electrons. The van der Waals surface area contributed by atoms with Gasteiger partial charge < -0.3 is 10.3 Å². The van der Waals surface area contributed by atoms with Gasteiger partial charge in [-0.25, -0.2) is 4.98 Å². The van der Waals surface area contributed by atoms with Crippen LogP contribution in [0.5, 0.6) is 0 Å². The number of nitrogens with zero attached hydrogens (tertiary/aromatic N) is 1. The molecule has 0 unspecified atom stereocenters. The molecule has 0 bridgehead atoms. The number of carbonyl (C=O) groups excluding carboxylic acids is 1. The Balaban J connectivity index is 2.00. The highest BCUT2D eigenvalue weighted by Crippen LogP contribution is 2.05. The molecule has 0 aromatic carbocycles. The number of pyridine rings is 1. The number of H-pyrrole nitrogens is 1. The van der Waals surface area contributed by atoms with Gasteiger partial charge in [-0.1, -0.05) is 29.0 Å². The summed E-state index contributed by atoms with van der Waals surface area (Å²) in [6.07, 6.45) is 0. The molecule has 0 radical (unpaired) electrons. The van der Waals surface area contributed by atoms with Crippen LogP contribution in [0.4, 0.5) is 0 Å². The lowest BCUT2D eigenvalue weighted by Gasteiger charge is -2.02. The summed E-state index contributed by atoms with van der Waals surface area (Å²) in [7, 11) is 0. The molecular formula is C10H8ClN3O2S. The monoisotopic (exact) mass is 269 g/mol. The van der Waals surface area contributed by atoms with Gasteiger partial charge in [-0.05, 0) is 12.1 Å². The van der Waals surface area contributed by atoms with E-state index in [4.69, 9.17) is 11.6 Å². The molecule has 0 aliphatic carbocycles. The van der Waals surface area contributed by atoms with Crippen LogP contribution in [0.1, 0.15) is 16.2 Å². The molecule has 1 amide bonds. The molecule has 17 heavy (non-hydrogen) atoms. The molecule has 0 atom stereocenters. The number of halogens is 1. The Morgan fingerprint density at radius 1 is 1.53 bits per heavy atom. The van der Waals surface area contributed by atoms with E-state index in [1.54, 1.807) is 23.6 Å². The molecule has 0 fully saturated rings. The van der Waals surface area contributed by atoms with E-state index in [0.29, 0.717) is 5.69 Å². The normalized spacial score (nSPS) is 10.2. The highest BCUT2D eigenvalue weighted by atomic mass is 35.5. The second-order valence-corrected chi connectivity index (χ2v) is 4.43. The van der Waals surface area contributed by atoms with E-state index in [1.165, 1.54) is 0 Å². The zero-order chi connectivity index (χ0) is 12.3. The van der Waals surface area contributed by atoms with Crippen LogP contribution in [0.15, 0.2) is 28.4 Å². The summed E-state index contributed by atoms with van der Waals surface area (Å²) in [5.74, 6) is -0.334. The molecule has 7 heteroatoms. The van der Waals surface area contributed by atoms with E-state index in [1.807, 2.05) is 0 Å². The Bertz CT molecular complexity index is 593. The van der Waals surface area contributed by atoms with Crippen molar-refractivity contribution in [3.63, 3.8) is 0 Å². The lowest BCUT2D eigenvalue weighted by atomic mass is 10.3. The number of amides is 1. The van der Waals surface area contributed by atoms with Gasteiger partial charge in [-0.2, -0.15) is 0 Å². The van der Waals surface area contributed by atoms with Crippen molar-refractivity contribution in [3.05, 3.63) is 49.8 Å². The predicted molar refractivity (Wildman–Crippen MR) is 65.4 cm³/mol. The molecule has 0 aliphatic rings. The van der Waals surface area contributed by atoms with Crippen molar-refractivity contribution < 1.29 is 4.79 Å². The average Bonchev–Trinajstić information content (AvgIpc) is 2.72. The van der Waals surface area contributed by atoms with E-state index >= 15 is 0 Å². The summed E-state index contributed by atoms with van der Waals surface area (Å²) in [6.45, 7) is 0.256. The van der Waals surface area contributed by atoms with Gasteiger partial charge in [0.25, 0.3) is 5.91 Å². The number of rotatable bonds is 3. The minimum atomic E-state index is -0.334. The predicted octanol–water partition coefficient (Wildman–Crippen LogP) is 1.41. The van der Waals surface area contributed by atoms with Gasteiger partial charge in [0.2, 0.25) is 0 Å². The number of aromatic amines is 1. The van der Waals surface area contributed by atoms with Crippen LogP contribution in [0.2, 0.25) is 5.15 Å². The second-order valence-electron chi connectivity index (χ2n) is 3.20. The minimum absolute atomic E-state index is 0.143. The molecule has 2 N–H and O–H groups in total. The summed E-state index contributed by atoms with van der Waals surface area (Å²) >= 11 is 6.73. The zero-order valence-corrected chi connectivity index (χ0v) is 10.1. The van der Waals surface area contributed by atoms with Crippen LogP contribution in [0, 0.1) is 0 Å². The van der Waals surface area contributed by atoms with Crippen molar-refractivity contribution in [2.24, 2.45) is 0 Å². The smallest absolute Gasteiger partial charge is 0.304 e. The van der Waals surface area contributed by atoms with Crippen molar-refractivity contribution in [2.45, 2.75) is 6.54 Å². The third-order valence-corrected chi connectivity index (χ3v) is 2.89. The van der Waals surface area contributed by atoms with Gasteiger partial charge in [0.15, 0.2) is 0 Å². The molecule has 2 aromatic heterocycles. The molecule has 0 saturated heterocycles. The number of aromatic nitrogens is 2. The Hall–Kier alpha value is -1.66. The number of thiazole rings is 1. The summed E-state index contributed by atoms with van der Waals surface area (Å²) in [6, 6.07) is 4.81. The van der Waals surface area contributed by atoms with Crippen LogP contribution < -0.4 is 10.2 Å². The van der Waals surface area contributed by atoms with Crippen LogP contribution >= 0.6 is 22.9 Å². The van der Waals surface area contributed by atoms with Gasteiger partial charge in [0.05, 0.1) is 6.54 Å². The fourth-order valence-corrected chi connectivity index (χ4v) is 1.95. The highest BCUT2D eigenvalue weighted by Gasteiger charge is 2.07. The Morgan fingerprint density at radius 2 is 2.35 bits per heavy atom. The topological polar surface area (TPSA) is 74.8 Å². The number of hydrogen-bond donors (Lipinski definition) is 2. The third-order valence-electron chi connectivity index (χ3n) is 1.96. The first-order valence-corrected chi connectivity index (χ1v) is 5.98. The fraction of sp³-hybridized carbons (Fsp3) is 0.100. The SMILES string of the molecule is O=C(NCc1csc(=O)[nH]1)c1cccc(Cl)n1. The van der Waals surface area contributed by atoms with Gasteiger partial charge in [0.1, 0.15) is 10.8 Å². The van der Waals surface area contributed by atoms with Crippen molar-refractivity contribution in [1.29, 1.82) is 0 Å². The van der Waals surface area contributed by atoms with E-state index in [-0.39, 0.29) is 28.2 Å². The fourth-order valence-electron chi connectivity index (χ4n) is 1.20. The van der Waals surface area contributed by atoms with Gasteiger partial charge in [-0.15, -0.1) is 0 Å². The number of nitrogens with one attached hydrogen (secondary N) is 2. The molecule has 2 rings (SSSR count). The quantitative estimate of drug-likeness (QED) is 0.828. The highest BCUT2D eigenvalue weighted by molar-refractivity contribution is 7.07. The van der Waals surface area contributed by atoms with Gasteiger partial charge in [-0.3, -0.25) is 9.59 Å². The Kier molecular flexibility index (Phi) is 3.55. The standard InChI is InChI=1S/C10H8ClN3O2S/c11-8-3-1-2-7(14-8)9(15)12-4-6-5-17-10(16)13-6/h1-3,5H,4H2,(H,12,15)(H,13,16). The first-order valence-electron chi connectivity index (χ1n) is 4.72. The molecular weight excluding hydrogens is 262 g/mol. The maximum absolute atomic E-state index is 11.7. The van der Waals surface area contributed by atoms with E-state index in [9.17, 15) is 9.59 Å². The van der Waals surface area contributed by atoms with E-state index in [2.05, 4.69) is 15.3 Å². The maximum atomic E-state index is 11.7. The van der Waals surface area contributed by atoms with Crippen molar-refractivity contribution >= 4 is 28.8 Å². The van der Waals surface area contributed by atoms with Crippen molar-refractivity contribution in [1.82, 2.24) is 15.3 Å². The molecule has 0 aliphatic heterocycles. The van der Waals surface area contributed by atoms with Crippen molar-refractivity contribution in [2.75, 3.05) is 0 Å². The van der Waals surface area contributed by atoms with Gasteiger partial charge in [0, 0.05) is 11.1 Å². The van der Waals surface area contributed by atoms with Crippen molar-refractivity contribution in [3.8, 4) is 0 Å². The minimum Gasteiger partial charge on any atom is -0.345 e. The largest absolute Gasteiger partial charge is 0.345 e. The molecule has 2 aromatic rings. The zero-order valence-electron chi connectivity index (χ0n) is 8.57. The molecule has 0 spiro atoms. The lowest BCUT2D eigenvalue weighted by molar-refractivity contribution is 0.0945. The van der Waals surface area contributed by atoms with Crippen LogP contribution in [0.25, 0.3) is 0 Å². The third kappa shape index (κ3) is 3.15. The Labute approximate surface area is 105 Å². The second kappa shape index (κ2) is 5.11. The first-order chi connectivity index (χ1) is 8.15. The number of hydrogen-bond acceptors (Lipinski definition) is 4. The summed E-state index contributed by atoms with van der Waals surface area (Å²) in [4.78, 5) is 28.9. The van der Waals surface area contributed by atoms with Gasteiger partial charge >= 0.3 is 4.87 Å². The van der Waals surface area contributed by atoms with Crippen LogP contribution in [-0.4, -0.2) is 15.9 Å². The molecule has 2 heterocycles. The maximum Gasteiger partial charge on any atom is 0.304 e. The summed E-state index contributed by atoms with van der Waals surface area (Å²) in [5.41, 5.74) is 0.908. The molecule has 0 saturated carbocycles. The Morgan fingerprint density at radius 3 is 3.00 bits per heavy atom.